The van der Waals surface area contributed by atoms with Crippen molar-refractivity contribution in [3.05, 3.63) is 71.8 Å². The first kappa shape index (κ1) is 18.4. The lowest BCUT2D eigenvalue weighted by molar-refractivity contribution is -0.168. The van der Waals surface area contributed by atoms with Gasteiger partial charge in [0.1, 0.15) is 0 Å². The minimum absolute atomic E-state index is 0.240. The molecule has 0 aromatic heterocycles. The van der Waals surface area contributed by atoms with Crippen LogP contribution in [0.1, 0.15) is 36.2 Å². The van der Waals surface area contributed by atoms with Crippen LogP contribution in [-0.2, 0) is 15.0 Å². The fourth-order valence-corrected chi connectivity index (χ4v) is 2.98. The lowest BCUT2D eigenvalue weighted by Gasteiger charge is -2.40. The molecule has 0 aliphatic heterocycles. The largest absolute Gasteiger partial charge is 0.480 e. The predicted octanol–water partition coefficient (Wildman–Crippen LogP) is 3.39. The van der Waals surface area contributed by atoms with Crippen molar-refractivity contribution in [1.82, 2.24) is 0 Å². The molecule has 0 saturated heterocycles. The van der Waals surface area contributed by atoms with Crippen LogP contribution in [0.2, 0.25) is 0 Å². The Kier molecular flexibility index (Phi) is 5.07. The van der Waals surface area contributed by atoms with E-state index in [0.717, 1.165) is 6.92 Å². The number of rotatable bonds is 7. The highest BCUT2D eigenvalue weighted by molar-refractivity contribution is 6.03. The fourth-order valence-electron chi connectivity index (χ4n) is 2.98. The molecule has 2 rings (SSSR count). The summed E-state index contributed by atoms with van der Waals surface area (Å²) in [4.78, 5) is 36.6. The maximum Gasteiger partial charge on any atom is 0.321 e. The van der Waals surface area contributed by atoms with E-state index in [4.69, 9.17) is 0 Å². The van der Waals surface area contributed by atoms with Gasteiger partial charge in [0.05, 0.1) is 0 Å². The molecule has 130 valence electrons. The first-order valence-corrected chi connectivity index (χ1v) is 7.84. The quantitative estimate of drug-likeness (QED) is 0.595. The van der Waals surface area contributed by atoms with Crippen molar-refractivity contribution < 1.29 is 24.6 Å². The van der Waals surface area contributed by atoms with Crippen molar-refractivity contribution in [2.24, 2.45) is 5.41 Å². The van der Waals surface area contributed by atoms with Gasteiger partial charge in [0.25, 0.3) is 0 Å². The molecule has 0 aliphatic carbocycles. The van der Waals surface area contributed by atoms with E-state index >= 15 is 0 Å². The Hall–Kier alpha value is -2.95. The number of aliphatic carboxylic acids is 2. The van der Waals surface area contributed by atoms with Gasteiger partial charge in [0.15, 0.2) is 11.2 Å². The van der Waals surface area contributed by atoms with Gasteiger partial charge in [-0.15, -0.1) is 0 Å². The topological polar surface area (TPSA) is 91.7 Å². The molecule has 5 nitrogen and oxygen atoms in total. The molecule has 5 heteroatoms. The SMILES string of the molecule is CC(C(=O)O)(C(=O)O)C(C)(CC(=O)c1ccccc1)c1ccccc1. The monoisotopic (exact) mass is 340 g/mol. The smallest absolute Gasteiger partial charge is 0.321 e. The summed E-state index contributed by atoms with van der Waals surface area (Å²) in [6.45, 7) is 2.67. The molecule has 0 saturated carbocycles. The van der Waals surface area contributed by atoms with Crippen LogP contribution in [0, 0.1) is 5.41 Å². The molecule has 0 aliphatic rings. The van der Waals surface area contributed by atoms with Crippen LogP contribution in [-0.4, -0.2) is 27.9 Å². The van der Waals surface area contributed by atoms with Gasteiger partial charge < -0.3 is 10.2 Å². The van der Waals surface area contributed by atoms with Crippen LogP contribution < -0.4 is 0 Å². The molecule has 2 aromatic rings. The maximum absolute atomic E-state index is 12.7. The van der Waals surface area contributed by atoms with E-state index in [1.54, 1.807) is 60.7 Å². The normalized spacial score (nSPS) is 13.7. The molecule has 0 fully saturated rings. The van der Waals surface area contributed by atoms with E-state index in [1.165, 1.54) is 6.92 Å². The Morgan fingerprint density at radius 1 is 0.800 bits per heavy atom. The van der Waals surface area contributed by atoms with Crippen molar-refractivity contribution >= 4 is 17.7 Å². The Morgan fingerprint density at radius 2 is 1.24 bits per heavy atom. The summed E-state index contributed by atoms with van der Waals surface area (Å²) in [6, 6.07) is 16.9. The summed E-state index contributed by atoms with van der Waals surface area (Å²) < 4.78 is 0. The average Bonchev–Trinajstić information content (AvgIpc) is 2.61. The second-order valence-corrected chi connectivity index (χ2v) is 6.40. The van der Waals surface area contributed by atoms with Crippen molar-refractivity contribution in [2.45, 2.75) is 25.7 Å². The first-order valence-electron chi connectivity index (χ1n) is 7.84. The zero-order valence-electron chi connectivity index (χ0n) is 14.1. The van der Waals surface area contributed by atoms with Crippen molar-refractivity contribution in [1.29, 1.82) is 0 Å². The molecule has 2 aromatic carbocycles. The zero-order chi connectivity index (χ0) is 18.7. The standard InChI is InChI=1S/C20H20O5/c1-19(15-11-7-4-8-12-15,20(2,17(22)23)18(24)25)13-16(21)14-9-5-3-6-10-14/h3-12H,13H2,1-2H3,(H,22,23)(H,24,25). The highest BCUT2D eigenvalue weighted by Crippen LogP contribution is 2.46. The van der Waals surface area contributed by atoms with Crippen LogP contribution in [0.4, 0.5) is 0 Å². The molecule has 0 bridgehead atoms. The summed E-state index contributed by atoms with van der Waals surface area (Å²) in [5, 5.41) is 19.4. The molecule has 1 unspecified atom stereocenters. The summed E-state index contributed by atoms with van der Waals surface area (Å²) in [7, 11) is 0. The van der Waals surface area contributed by atoms with E-state index in [9.17, 15) is 24.6 Å². The molecule has 0 spiro atoms. The number of carbonyl (C=O) groups is 3. The first-order chi connectivity index (χ1) is 11.7. The second kappa shape index (κ2) is 6.89. The Labute approximate surface area is 145 Å². The van der Waals surface area contributed by atoms with Gasteiger partial charge in [-0.1, -0.05) is 67.6 Å². The van der Waals surface area contributed by atoms with Gasteiger partial charge in [-0.05, 0) is 12.5 Å². The molecule has 25 heavy (non-hydrogen) atoms. The Morgan fingerprint density at radius 3 is 1.68 bits per heavy atom. The maximum atomic E-state index is 12.7. The molecule has 0 amide bonds. The van der Waals surface area contributed by atoms with Crippen molar-refractivity contribution in [3.63, 3.8) is 0 Å². The average molecular weight is 340 g/mol. The van der Waals surface area contributed by atoms with Crippen LogP contribution in [0.5, 0.6) is 0 Å². The number of carbonyl (C=O) groups excluding carboxylic acids is 1. The number of Topliss-reactive ketones (excluding diaryl/α,β-unsaturated/α-hetero) is 1. The van der Waals surface area contributed by atoms with Crippen LogP contribution in [0.25, 0.3) is 0 Å². The molecular formula is C20H20O5. The van der Waals surface area contributed by atoms with Crippen molar-refractivity contribution in [3.8, 4) is 0 Å². The molecular weight excluding hydrogens is 320 g/mol. The van der Waals surface area contributed by atoms with E-state index in [2.05, 4.69) is 0 Å². The van der Waals surface area contributed by atoms with Gasteiger partial charge in [0.2, 0.25) is 0 Å². The van der Waals surface area contributed by atoms with Gasteiger partial charge >= 0.3 is 11.9 Å². The Bertz CT molecular complexity index is 768. The summed E-state index contributed by atoms with van der Waals surface area (Å²) in [5.74, 6) is -3.26. The summed E-state index contributed by atoms with van der Waals surface area (Å²) in [6.07, 6.45) is -0.240. The number of carboxylic acids is 2. The minimum Gasteiger partial charge on any atom is -0.480 e. The third-order valence-corrected chi connectivity index (χ3v) is 4.98. The van der Waals surface area contributed by atoms with Gasteiger partial charge in [-0.2, -0.15) is 0 Å². The van der Waals surface area contributed by atoms with Crippen molar-refractivity contribution in [2.75, 3.05) is 0 Å². The summed E-state index contributed by atoms with van der Waals surface area (Å²) >= 11 is 0. The minimum atomic E-state index is -2.17. The third kappa shape index (κ3) is 3.18. The van der Waals surface area contributed by atoms with E-state index in [-0.39, 0.29) is 12.2 Å². The lowest BCUT2D eigenvalue weighted by Crippen LogP contribution is -2.53. The lowest BCUT2D eigenvalue weighted by atomic mass is 9.59. The number of hydrogen-bond acceptors (Lipinski definition) is 3. The molecule has 0 heterocycles. The third-order valence-electron chi connectivity index (χ3n) is 4.98. The molecule has 0 radical (unpaired) electrons. The zero-order valence-corrected chi connectivity index (χ0v) is 14.1. The number of hydrogen-bond donors (Lipinski definition) is 2. The second-order valence-electron chi connectivity index (χ2n) is 6.40. The number of carboxylic acid groups (broad SMARTS) is 2. The molecule has 1 atom stereocenters. The molecule has 2 N–H and O–H groups in total. The predicted molar refractivity (Wildman–Crippen MR) is 92.6 cm³/mol. The van der Waals surface area contributed by atoms with Gasteiger partial charge in [0, 0.05) is 17.4 Å². The van der Waals surface area contributed by atoms with E-state index < -0.39 is 22.8 Å². The Balaban J connectivity index is 2.60. The van der Waals surface area contributed by atoms with Crippen LogP contribution >= 0.6 is 0 Å². The highest BCUT2D eigenvalue weighted by Gasteiger charge is 2.58. The van der Waals surface area contributed by atoms with Crippen LogP contribution in [0.3, 0.4) is 0 Å². The van der Waals surface area contributed by atoms with Gasteiger partial charge in [-0.25, -0.2) is 0 Å². The van der Waals surface area contributed by atoms with E-state index in [0.29, 0.717) is 11.1 Å². The number of benzene rings is 2. The van der Waals surface area contributed by atoms with E-state index in [1.807, 2.05) is 0 Å². The fraction of sp³-hybridized carbons (Fsp3) is 0.250. The van der Waals surface area contributed by atoms with Gasteiger partial charge in [-0.3, -0.25) is 14.4 Å². The summed E-state index contributed by atoms with van der Waals surface area (Å²) in [5.41, 5.74) is -2.69. The van der Waals surface area contributed by atoms with Crippen LogP contribution in [0.15, 0.2) is 60.7 Å². The highest BCUT2D eigenvalue weighted by atomic mass is 16.4. The number of ketones is 1.